The van der Waals surface area contributed by atoms with E-state index in [2.05, 4.69) is 0 Å². The van der Waals surface area contributed by atoms with Crippen LogP contribution in [-0.2, 0) is 68.0 Å². The van der Waals surface area contributed by atoms with Gasteiger partial charge in [-0.2, -0.15) is 0 Å². The molecule has 0 aliphatic rings. The maximum absolute atomic E-state index is 8.25. The Hall–Kier alpha value is 3.19. The van der Waals surface area contributed by atoms with Crippen LogP contribution in [0.5, 0.6) is 0 Å². The molecule has 0 aromatic carbocycles. The second kappa shape index (κ2) is 79.8. The molecule has 3 radical (unpaired) electrons. The molecule has 0 fully saturated rings. The molecule has 0 aliphatic carbocycles. The van der Waals surface area contributed by atoms with Crippen molar-refractivity contribution in [2.75, 3.05) is 0 Å². The van der Waals surface area contributed by atoms with Gasteiger partial charge in [0.1, 0.15) is 0 Å². The molecule has 13 heavy (non-hydrogen) atoms. The molecule has 0 amide bonds. The smallest absolute Gasteiger partial charge is 1.00 e. The first kappa shape index (κ1) is 97.5. The van der Waals surface area contributed by atoms with Crippen LogP contribution in [-0.4, -0.2) is 28.1 Å². The molecule has 95 valence electrons. The molecule has 0 spiro atoms. The van der Waals surface area contributed by atoms with Gasteiger partial charge in [0.2, 0.25) is 0 Å². The maximum Gasteiger partial charge on any atom is 2.00 e. The zero-order valence-corrected chi connectivity index (χ0v) is 14.3. The van der Waals surface area contributed by atoms with Gasteiger partial charge in [-0.15, -0.1) is 49.6 Å². The Morgan fingerprint density at radius 1 is 1.00 bits per heavy atom. The van der Waals surface area contributed by atoms with E-state index in [1.165, 1.54) is 0 Å². The minimum Gasteiger partial charge on any atom is -1.00 e. The number of halogens is 4. The zero-order chi connectivity index (χ0) is 3.58. The molecule has 0 rings (SSSR count). The molecule has 0 unspecified atom stereocenters. The summed E-state index contributed by atoms with van der Waals surface area (Å²) in [5.74, 6) is 0. The number of hydrogen-bond acceptors (Lipinski definition) is 3. The van der Waals surface area contributed by atoms with E-state index in [9.17, 15) is 0 Å². The van der Waals surface area contributed by atoms with Gasteiger partial charge in [-0.05, 0) is 0 Å². The monoisotopic (exact) mass is 465 g/mol. The van der Waals surface area contributed by atoms with E-state index < -0.39 is 5.09 Å². The van der Waals surface area contributed by atoms with Gasteiger partial charge >= 0.3 is 23.1 Å². The molecular formula is H6Cl4CoCuFeMgMnNO3-. The topological polar surface area (TPSA) is 66.2 Å². The summed E-state index contributed by atoms with van der Waals surface area (Å²) in [4.78, 5) is 8.25. The van der Waals surface area contributed by atoms with Crippen molar-refractivity contribution < 1.29 is 75.9 Å². The van der Waals surface area contributed by atoms with E-state index in [-0.39, 0.29) is 144 Å². The fourth-order valence-electron chi connectivity index (χ4n) is 0. The van der Waals surface area contributed by atoms with Crippen molar-refractivity contribution in [1.29, 1.82) is 0 Å². The summed E-state index contributed by atoms with van der Waals surface area (Å²) in [7, 11) is 0. The van der Waals surface area contributed by atoms with Crippen LogP contribution in [0.1, 0.15) is 2.85 Å². The van der Waals surface area contributed by atoms with E-state index in [0.29, 0.717) is 0 Å². The van der Waals surface area contributed by atoms with E-state index in [4.69, 9.17) is 15.3 Å². The number of hydrogen-bond donors (Lipinski definition) is 0. The van der Waals surface area contributed by atoms with Gasteiger partial charge in [0.15, 0.2) is 0 Å². The summed E-state index contributed by atoms with van der Waals surface area (Å²) in [6.07, 6.45) is 0. The molecule has 0 saturated heterocycles. The first-order chi connectivity index (χ1) is 1.73. The first-order valence-corrected chi connectivity index (χ1v) is 0.548. The molecule has 0 N–H and O–H groups in total. The molecule has 0 aliphatic heterocycles. The standard InChI is InChI=1S/4ClH.Co.Cu.Fe.Mg.Mn.NO3.2H/c;;;;;;;;;2-1(3)4;;/h4*1H;;;;;;;;/q;;;;;;;+2;;3*-1. The number of rotatable bonds is 0. The van der Waals surface area contributed by atoms with E-state index in [1.54, 1.807) is 0 Å². The van der Waals surface area contributed by atoms with E-state index >= 15 is 0 Å². The van der Waals surface area contributed by atoms with Gasteiger partial charge in [-0.1, -0.05) is 0 Å². The predicted molar refractivity (Wildman–Crippen MR) is 47.3 cm³/mol. The average molecular weight is 467 g/mol. The van der Waals surface area contributed by atoms with Gasteiger partial charge in [-0.25, -0.2) is 0 Å². The first-order valence-electron chi connectivity index (χ1n) is 0.548. The fraction of sp³-hybridized carbons (Fsp3) is 0. The largest absolute Gasteiger partial charge is 2.00 e. The van der Waals surface area contributed by atoms with Gasteiger partial charge in [-0.3, -0.25) is 0 Å². The van der Waals surface area contributed by atoms with Crippen LogP contribution < -0.4 is 0 Å². The normalized spacial score (nSPS) is 1.85. The summed E-state index contributed by atoms with van der Waals surface area (Å²) < 4.78 is 0. The molecule has 4 nitrogen and oxygen atoms in total. The van der Waals surface area contributed by atoms with Crippen molar-refractivity contribution in [1.82, 2.24) is 0 Å². The molecule has 13 heteroatoms. The zero-order valence-electron chi connectivity index (χ0n) is 7.38. The Balaban J connectivity index is -0.000000000818. The van der Waals surface area contributed by atoms with Crippen LogP contribution in [0.25, 0.3) is 0 Å². The van der Waals surface area contributed by atoms with Gasteiger partial charge < -0.3 is 18.2 Å². The summed E-state index contributed by atoms with van der Waals surface area (Å²) in [6.45, 7) is 0. The van der Waals surface area contributed by atoms with E-state index in [0.717, 1.165) is 0 Å². The maximum atomic E-state index is 8.25. The van der Waals surface area contributed by atoms with Gasteiger partial charge in [0.25, 0.3) is 0 Å². The van der Waals surface area contributed by atoms with Gasteiger partial charge in [0.05, 0.1) is 5.09 Å². The predicted octanol–water partition coefficient (Wildman–Crippen LogP) is 1.28. The van der Waals surface area contributed by atoms with Gasteiger partial charge in [0, 0.05) is 68.0 Å². The molecule has 0 aromatic rings. The fourth-order valence-corrected chi connectivity index (χ4v) is 0. The second-order valence-electron chi connectivity index (χ2n) is 0.224. The van der Waals surface area contributed by atoms with E-state index in [1.807, 2.05) is 0 Å². The van der Waals surface area contributed by atoms with Crippen LogP contribution in [0, 0.1) is 15.3 Å². The third kappa shape index (κ3) is 260. The Bertz CT molecular complexity index is 66.9. The molecule has 0 atom stereocenters. The SMILES string of the molecule is Cl.Cl.Cl.Cl.O=[N+]([O-])[O-].[Co].[Cu].[Fe].[H-].[H-].[Mg+2].[Mn]. The van der Waals surface area contributed by atoms with Crippen molar-refractivity contribution in [3.8, 4) is 0 Å². The minimum absolute atomic E-state index is 0. The quantitative estimate of drug-likeness (QED) is 0.306. The Labute approximate surface area is 162 Å². The van der Waals surface area contributed by atoms with Crippen molar-refractivity contribution in [2.45, 2.75) is 0 Å². The molecule has 0 heterocycles. The Kier molecular flexibility index (Phi) is 598. The van der Waals surface area contributed by atoms with Crippen LogP contribution in [0.15, 0.2) is 0 Å². The van der Waals surface area contributed by atoms with Crippen molar-refractivity contribution in [3.63, 3.8) is 0 Å². The molecule has 0 bridgehead atoms. The Morgan fingerprint density at radius 3 is 1.00 bits per heavy atom. The summed E-state index contributed by atoms with van der Waals surface area (Å²) in [5, 5.41) is 14.8. The van der Waals surface area contributed by atoms with Crippen LogP contribution in [0.2, 0.25) is 0 Å². The molecule has 0 saturated carbocycles. The third-order valence-electron chi connectivity index (χ3n) is 0. The van der Waals surface area contributed by atoms with Crippen molar-refractivity contribution in [2.24, 2.45) is 0 Å². The average Bonchev–Trinajstić information content (AvgIpc) is 0.811. The van der Waals surface area contributed by atoms with Crippen LogP contribution in [0.4, 0.5) is 0 Å². The van der Waals surface area contributed by atoms with Crippen LogP contribution in [0.3, 0.4) is 0 Å². The minimum atomic E-state index is -1.75. The van der Waals surface area contributed by atoms with Crippen molar-refractivity contribution in [3.05, 3.63) is 15.3 Å². The summed E-state index contributed by atoms with van der Waals surface area (Å²) >= 11 is 0. The summed E-state index contributed by atoms with van der Waals surface area (Å²) in [6, 6.07) is 0. The summed E-state index contributed by atoms with van der Waals surface area (Å²) in [5.41, 5.74) is 0. The molecule has 0 aromatic heterocycles. The van der Waals surface area contributed by atoms with Crippen LogP contribution >= 0.6 is 49.6 Å². The second-order valence-corrected chi connectivity index (χ2v) is 0.224. The third-order valence-corrected chi connectivity index (χ3v) is 0. The Morgan fingerprint density at radius 2 is 1.00 bits per heavy atom. The number of nitrogens with zero attached hydrogens (tertiary/aromatic N) is 1. The van der Waals surface area contributed by atoms with Crippen molar-refractivity contribution >= 4 is 72.7 Å². The molecular weight excluding hydrogens is 461 g/mol.